The summed E-state index contributed by atoms with van der Waals surface area (Å²) in [4.78, 5) is 28.6. The lowest BCUT2D eigenvalue weighted by atomic mass is 9.86. The minimum absolute atomic E-state index is 0.0432. The highest BCUT2D eigenvalue weighted by molar-refractivity contribution is 5.91. The minimum atomic E-state index is -0.674. The summed E-state index contributed by atoms with van der Waals surface area (Å²) in [5.41, 5.74) is 7.11. The highest BCUT2D eigenvalue weighted by atomic mass is 16.6. The molecule has 0 saturated heterocycles. The molecule has 4 aliphatic rings. The number of nitro groups is 1. The fraction of sp³-hybridized carbons (Fsp3) is 0.295. The molecule has 0 amide bonds. The summed E-state index contributed by atoms with van der Waals surface area (Å²) in [6.07, 6.45) is 2.86. The first-order valence-corrected chi connectivity index (χ1v) is 18.6. The van der Waals surface area contributed by atoms with Crippen LogP contribution in [0, 0.1) is 10.1 Å². The van der Waals surface area contributed by atoms with E-state index < -0.39 is 10.9 Å². The standard InChI is InChI=1S/C44H43N3O9/c1-45-17-15-29-22-31(25-48)38-24-34(29)35(45)19-26-5-12-33(13-6-26)54-39-21-27(7-14-37(39)56-44(49)28-8-10-32(11-9-28)47(50)51)20-36-41-30(16-18-46(36)2)23-40(52-3)42(53-4)43(41)55-38/h5-14,21-24,35-36,48H,15-20,25H2,1-4H3/t35-,36+/m0/s1. The Morgan fingerprint density at radius 2 is 1.50 bits per heavy atom. The van der Waals surface area contributed by atoms with Crippen LogP contribution < -0.4 is 23.7 Å². The molecule has 6 bridgehead atoms. The van der Waals surface area contributed by atoms with Gasteiger partial charge in [0.15, 0.2) is 23.0 Å². The van der Waals surface area contributed by atoms with Crippen molar-refractivity contribution in [1.29, 1.82) is 0 Å². The largest absolute Gasteiger partial charge is 0.493 e. The zero-order valence-corrected chi connectivity index (χ0v) is 31.7. The van der Waals surface area contributed by atoms with Gasteiger partial charge in [0.05, 0.1) is 31.3 Å². The zero-order chi connectivity index (χ0) is 39.1. The number of non-ortho nitro benzene ring substituents is 1. The van der Waals surface area contributed by atoms with Crippen molar-refractivity contribution in [3.63, 3.8) is 0 Å². The maximum absolute atomic E-state index is 13.3. The fourth-order valence-electron chi connectivity index (χ4n) is 8.12. The van der Waals surface area contributed by atoms with Crippen LogP contribution in [0.15, 0.2) is 84.9 Å². The van der Waals surface area contributed by atoms with E-state index in [9.17, 15) is 20.0 Å². The van der Waals surface area contributed by atoms with Crippen LogP contribution in [0.2, 0.25) is 0 Å². The highest BCUT2D eigenvalue weighted by Crippen LogP contribution is 2.51. The van der Waals surface area contributed by atoms with Crippen LogP contribution in [0.25, 0.3) is 0 Å². The van der Waals surface area contributed by atoms with Crippen LogP contribution in [0.5, 0.6) is 40.2 Å². The van der Waals surface area contributed by atoms with Gasteiger partial charge >= 0.3 is 5.97 Å². The lowest BCUT2D eigenvalue weighted by Gasteiger charge is -2.37. The number of hydrogen-bond donors (Lipinski definition) is 1. The number of likely N-dealkylation sites (N-methyl/N-ethyl adjacent to an activating group) is 2. The molecular formula is C44H43N3O9. The SMILES string of the molecule is COc1cc2c3c(c1OC)Oc1cc4c(cc1CO)CCN(C)[C@H]4Cc1ccc(cc1)Oc1cc(ccc1OC(=O)c1ccc([N+](=O)[O-])cc1)C[C@H]3N(C)CC2. The molecule has 4 aliphatic heterocycles. The van der Waals surface area contributed by atoms with Crippen molar-refractivity contribution < 1.29 is 38.5 Å². The molecular weight excluding hydrogens is 714 g/mol. The molecule has 0 saturated carbocycles. The number of aliphatic hydroxyl groups is 1. The molecule has 0 unspecified atom stereocenters. The zero-order valence-electron chi connectivity index (χ0n) is 31.7. The Morgan fingerprint density at radius 3 is 2.20 bits per heavy atom. The van der Waals surface area contributed by atoms with Crippen LogP contribution >= 0.6 is 0 Å². The molecule has 2 atom stereocenters. The van der Waals surface area contributed by atoms with E-state index in [-0.39, 0.29) is 35.7 Å². The second-order valence-corrected chi connectivity index (χ2v) is 14.6. The quantitative estimate of drug-likeness (QED) is 0.0789. The predicted molar refractivity (Wildman–Crippen MR) is 209 cm³/mol. The lowest BCUT2D eigenvalue weighted by Crippen LogP contribution is -2.34. The number of fused-ring (bicyclic) bond motifs is 2. The number of aliphatic hydroxyl groups excluding tert-OH is 1. The van der Waals surface area contributed by atoms with Crippen LogP contribution in [-0.2, 0) is 32.3 Å². The molecule has 0 fully saturated rings. The van der Waals surface area contributed by atoms with Gasteiger partial charge in [0.1, 0.15) is 11.5 Å². The summed E-state index contributed by atoms with van der Waals surface area (Å²) < 4.78 is 31.3. The van der Waals surface area contributed by atoms with E-state index in [4.69, 9.17) is 23.7 Å². The maximum Gasteiger partial charge on any atom is 0.343 e. The van der Waals surface area contributed by atoms with Gasteiger partial charge in [0, 0.05) is 48.4 Å². The Kier molecular flexibility index (Phi) is 10.1. The predicted octanol–water partition coefficient (Wildman–Crippen LogP) is 7.76. The molecule has 9 rings (SSSR count). The first-order chi connectivity index (χ1) is 27.1. The number of esters is 1. The van der Waals surface area contributed by atoms with Gasteiger partial charge in [-0.15, -0.1) is 0 Å². The van der Waals surface area contributed by atoms with Crippen molar-refractivity contribution >= 4 is 11.7 Å². The van der Waals surface area contributed by atoms with Gasteiger partial charge in [-0.1, -0.05) is 18.2 Å². The van der Waals surface area contributed by atoms with Crippen molar-refractivity contribution in [3.05, 3.63) is 140 Å². The molecule has 288 valence electrons. The fourth-order valence-corrected chi connectivity index (χ4v) is 8.12. The number of rotatable bonds is 6. The van der Waals surface area contributed by atoms with E-state index in [1.807, 2.05) is 42.5 Å². The number of ether oxygens (including phenoxy) is 5. The molecule has 0 spiro atoms. The van der Waals surface area contributed by atoms with Gasteiger partial charge in [-0.3, -0.25) is 19.9 Å². The lowest BCUT2D eigenvalue weighted by molar-refractivity contribution is -0.384. The first kappa shape index (κ1) is 37.0. The van der Waals surface area contributed by atoms with Gasteiger partial charge in [-0.25, -0.2) is 4.79 Å². The van der Waals surface area contributed by atoms with E-state index in [0.717, 1.165) is 60.2 Å². The molecule has 0 radical (unpaired) electrons. The molecule has 5 aromatic rings. The summed E-state index contributed by atoms with van der Waals surface area (Å²) in [5, 5.41) is 21.9. The topological polar surface area (TPSA) is 133 Å². The van der Waals surface area contributed by atoms with Crippen molar-refractivity contribution in [2.75, 3.05) is 41.4 Å². The Morgan fingerprint density at radius 1 is 0.804 bits per heavy atom. The third-order valence-electron chi connectivity index (χ3n) is 11.2. The van der Waals surface area contributed by atoms with E-state index in [1.54, 1.807) is 20.3 Å². The summed E-state index contributed by atoms with van der Waals surface area (Å²) in [7, 11) is 7.43. The van der Waals surface area contributed by atoms with Crippen LogP contribution in [0.3, 0.4) is 0 Å². The molecule has 1 N–H and O–H groups in total. The van der Waals surface area contributed by atoms with Gasteiger partial charge in [0.2, 0.25) is 5.75 Å². The summed E-state index contributed by atoms with van der Waals surface area (Å²) in [6.45, 7) is 1.46. The number of hydrogen-bond acceptors (Lipinski definition) is 11. The summed E-state index contributed by atoms with van der Waals surface area (Å²) in [5.74, 6) is 2.57. The maximum atomic E-state index is 13.3. The average molecular weight is 758 g/mol. The molecule has 4 heterocycles. The second-order valence-electron chi connectivity index (χ2n) is 14.6. The van der Waals surface area contributed by atoms with Crippen LogP contribution in [0.1, 0.15) is 61.4 Å². The Labute approximate surface area is 324 Å². The third-order valence-corrected chi connectivity index (χ3v) is 11.2. The van der Waals surface area contributed by atoms with E-state index in [0.29, 0.717) is 46.5 Å². The molecule has 12 nitrogen and oxygen atoms in total. The monoisotopic (exact) mass is 757 g/mol. The summed E-state index contributed by atoms with van der Waals surface area (Å²) in [6, 6.07) is 24.8. The van der Waals surface area contributed by atoms with E-state index in [1.165, 1.54) is 29.8 Å². The van der Waals surface area contributed by atoms with Gasteiger partial charge in [-0.05, 0) is 122 Å². The smallest absolute Gasteiger partial charge is 0.343 e. The number of benzene rings is 5. The van der Waals surface area contributed by atoms with Gasteiger partial charge in [-0.2, -0.15) is 0 Å². The molecule has 56 heavy (non-hydrogen) atoms. The normalized spacial score (nSPS) is 17.7. The van der Waals surface area contributed by atoms with Gasteiger partial charge < -0.3 is 28.8 Å². The Bertz CT molecular complexity index is 2310. The molecule has 0 aromatic heterocycles. The second kappa shape index (κ2) is 15.3. The van der Waals surface area contributed by atoms with Crippen LogP contribution in [-0.4, -0.2) is 67.2 Å². The van der Waals surface area contributed by atoms with Crippen molar-refractivity contribution in [3.8, 4) is 40.2 Å². The minimum Gasteiger partial charge on any atom is -0.493 e. The van der Waals surface area contributed by atoms with E-state index >= 15 is 0 Å². The summed E-state index contributed by atoms with van der Waals surface area (Å²) >= 11 is 0. The van der Waals surface area contributed by atoms with Crippen molar-refractivity contribution in [2.45, 2.75) is 44.4 Å². The number of nitrogens with zero attached hydrogens (tertiary/aromatic N) is 3. The molecule has 0 aliphatic carbocycles. The molecule has 5 aromatic carbocycles. The first-order valence-electron chi connectivity index (χ1n) is 18.6. The Hall–Kier alpha value is -5.95. The highest BCUT2D eigenvalue weighted by Gasteiger charge is 2.34. The number of carbonyl (C=O) groups excluding carboxylic acids is 1. The average Bonchev–Trinajstić information content (AvgIpc) is 3.20. The number of carbonyl (C=O) groups is 1. The molecule has 12 heteroatoms. The third kappa shape index (κ3) is 7.03. The van der Waals surface area contributed by atoms with Crippen molar-refractivity contribution in [1.82, 2.24) is 9.80 Å². The van der Waals surface area contributed by atoms with Crippen molar-refractivity contribution in [2.24, 2.45) is 0 Å². The van der Waals surface area contributed by atoms with Gasteiger partial charge in [0.25, 0.3) is 5.69 Å². The Balaban J connectivity index is 1.28. The number of nitro benzene ring substituents is 1. The number of methoxy groups -OCH3 is 2. The van der Waals surface area contributed by atoms with Crippen LogP contribution in [0.4, 0.5) is 5.69 Å². The van der Waals surface area contributed by atoms with E-state index in [2.05, 4.69) is 36.0 Å².